The van der Waals surface area contributed by atoms with E-state index >= 15 is 0 Å². The molecule has 0 saturated carbocycles. The summed E-state index contributed by atoms with van der Waals surface area (Å²) in [5.41, 5.74) is 1.21. The highest BCUT2D eigenvalue weighted by molar-refractivity contribution is 9.10. The number of aliphatic hydroxyl groups is 1. The minimum absolute atomic E-state index is 0.221. The summed E-state index contributed by atoms with van der Waals surface area (Å²) in [4.78, 5) is 0. The lowest BCUT2D eigenvalue weighted by molar-refractivity contribution is -0.230. The van der Waals surface area contributed by atoms with E-state index < -0.39 is 24.5 Å². The number of alkyl halides is 3. The molecule has 0 radical (unpaired) electrons. The number of rotatable bonds is 3. The van der Waals surface area contributed by atoms with Gasteiger partial charge in [0.15, 0.2) is 12.4 Å². The molecule has 2 rings (SSSR count). The molecule has 1 aliphatic rings. The molecular weight excluding hydrogens is 341 g/mol. The Bertz CT molecular complexity index is 472. The second kappa shape index (κ2) is 6.01. The Morgan fingerprint density at radius 1 is 1.30 bits per heavy atom. The van der Waals surface area contributed by atoms with Gasteiger partial charge in [-0.3, -0.25) is 0 Å². The Morgan fingerprint density at radius 3 is 2.40 bits per heavy atom. The van der Waals surface area contributed by atoms with Gasteiger partial charge in [0.25, 0.3) is 0 Å². The summed E-state index contributed by atoms with van der Waals surface area (Å²) >= 11 is 3.28. The van der Waals surface area contributed by atoms with Crippen LogP contribution in [0.4, 0.5) is 13.2 Å². The Labute approximate surface area is 122 Å². The van der Waals surface area contributed by atoms with Crippen molar-refractivity contribution in [1.29, 1.82) is 0 Å². The molecule has 1 saturated heterocycles. The largest absolute Gasteiger partial charge is 0.415 e. The zero-order valence-electron chi connectivity index (χ0n) is 10.7. The minimum atomic E-state index is -4.74. The Morgan fingerprint density at radius 2 is 1.90 bits per heavy atom. The molecule has 1 fully saturated rings. The zero-order chi connectivity index (χ0) is 14.9. The number of aliphatic hydroxyl groups excluding tert-OH is 1. The van der Waals surface area contributed by atoms with Gasteiger partial charge in [-0.25, -0.2) is 0 Å². The van der Waals surface area contributed by atoms with Gasteiger partial charge < -0.3 is 14.6 Å². The van der Waals surface area contributed by atoms with Gasteiger partial charge in [0.2, 0.25) is 0 Å². The van der Waals surface area contributed by atoms with Crippen LogP contribution in [0.15, 0.2) is 22.7 Å². The summed E-state index contributed by atoms with van der Waals surface area (Å²) in [6, 6.07) is 4.79. The molecule has 7 heteroatoms. The van der Waals surface area contributed by atoms with E-state index in [4.69, 9.17) is 9.47 Å². The van der Waals surface area contributed by atoms with E-state index in [1.54, 1.807) is 18.2 Å². The van der Waals surface area contributed by atoms with E-state index in [-0.39, 0.29) is 13.2 Å². The second-order valence-corrected chi connectivity index (χ2v) is 5.49. The van der Waals surface area contributed by atoms with Crippen LogP contribution in [0.5, 0.6) is 0 Å². The Hall–Kier alpha value is -0.630. The molecule has 2 atom stereocenters. The third-order valence-corrected chi connectivity index (χ3v) is 4.05. The van der Waals surface area contributed by atoms with Crippen molar-refractivity contribution in [3.05, 3.63) is 33.8 Å². The highest BCUT2D eigenvalue weighted by atomic mass is 79.9. The predicted molar refractivity (Wildman–Crippen MR) is 69.4 cm³/mol. The van der Waals surface area contributed by atoms with E-state index in [1.165, 1.54) is 0 Å². The van der Waals surface area contributed by atoms with E-state index in [0.29, 0.717) is 10.0 Å². The highest BCUT2D eigenvalue weighted by Crippen LogP contribution is 2.37. The first kappa shape index (κ1) is 15.8. The average molecular weight is 355 g/mol. The quantitative estimate of drug-likeness (QED) is 0.906. The number of benzene rings is 1. The third-order valence-electron chi connectivity index (χ3n) is 3.20. The molecular formula is C13H14BrF3O3. The van der Waals surface area contributed by atoms with Gasteiger partial charge in [0.05, 0.1) is 19.1 Å². The van der Waals surface area contributed by atoms with Crippen LogP contribution >= 0.6 is 15.9 Å². The van der Waals surface area contributed by atoms with E-state index in [2.05, 4.69) is 15.9 Å². The first-order chi connectivity index (χ1) is 9.30. The average Bonchev–Trinajstić information content (AvgIpc) is 2.86. The Kier molecular flexibility index (Phi) is 4.73. The molecule has 0 aliphatic carbocycles. The number of aryl methyl sites for hydroxylation is 1. The molecule has 3 nitrogen and oxygen atoms in total. The third kappa shape index (κ3) is 3.33. The molecule has 1 heterocycles. The molecule has 1 aromatic carbocycles. The maximum absolute atomic E-state index is 12.8. The smallest absolute Gasteiger partial charge is 0.383 e. The van der Waals surface area contributed by atoms with E-state index in [1.807, 2.05) is 6.92 Å². The first-order valence-corrected chi connectivity index (χ1v) is 6.84. The summed E-state index contributed by atoms with van der Waals surface area (Å²) in [6.07, 6.45) is -8.38. The fourth-order valence-corrected chi connectivity index (χ4v) is 2.49. The summed E-state index contributed by atoms with van der Waals surface area (Å²) in [5.74, 6) is -1.31. The number of hydrogen-bond donors (Lipinski definition) is 1. The summed E-state index contributed by atoms with van der Waals surface area (Å²) < 4.78 is 49.5. The molecule has 1 aromatic rings. The minimum Gasteiger partial charge on any atom is -0.383 e. The van der Waals surface area contributed by atoms with Crippen LogP contribution in [0.25, 0.3) is 0 Å². The lowest BCUT2D eigenvalue weighted by atomic mass is 9.91. The number of ether oxygens (including phenoxy) is 2. The molecule has 0 spiro atoms. The van der Waals surface area contributed by atoms with Crippen LogP contribution in [-0.2, 0) is 9.47 Å². The summed E-state index contributed by atoms with van der Waals surface area (Å²) in [6.45, 7) is 2.27. The topological polar surface area (TPSA) is 38.7 Å². The van der Waals surface area contributed by atoms with Gasteiger partial charge in [-0.2, -0.15) is 13.2 Å². The SMILES string of the molecule is Cc1ccc(C(C2OCCO2)C(O)C(F)(F)F)cc1Br. The summed E-state index contributed by atoms with van der Waals surface area (Å²) in [5, 5.41) is 9.62. The predicted octanol–water partition coefficient (Wildman–Crippen LogP) is 3.14. The van der Waals surface area contributed by atoms with Crippen molar-refractivity contribution in [2.75, 3.05) is 13.2 Å². The Balaban J connectivity index is 2.37. The first-order valence-electron chi connectivity index (χ1n) is 6.04. The van der Waals surface area contributed by atoms with Crippen molar-refractivity contribution in [2.45, 2.75) is 31.4 Å². The van der Waals surface area contributed by atoms with Crippen molar-refractivity contribution < 1.29 is 27.8 Å². The van der Waals surface area contributed by atoms with Gasteiger partial charge in [-0.1, -0.05) is 28.1 Å². The van der Waals surface area contributed by atoms with Gasteiger partial charge in [-0.05, 0) is 24.1 Å². The maximum Gasteiger partial charge on any atom is 0.415 e. The second-order valence-electron chi connectivity index (χ2n) is 4.63. The normalized spacial score (nSPS) is 20.1. The monoisotopic (exact) mass is 354 g/mol. The van der Waals surface area contributed by atoms with Crippen LogP contribution in [0, 0.1) is 6.92 Å². The fourth-order valence-electron chi connectivity index (χ4n) is 2.09. The van der Waals surface area contributed by atoms with Crippen LogP contribution in [0.1, 0.15) is 17.0 Å². The molecule has 0 amide bonds. The molecule has 0 aromatic heterocycles. The van der Waals surface area contributed by atoms with Crippen molar-refractivity contribution in [2.24, 2.45) is 0 Å². The molecule has 2 unspecified atom stereocenters. The molecule has 1 N–H and O–H groups in total. The van der Waals surface area contributed by atoms with Crippen LogP contribution in [-0.4, -0.2) is 36.9 Å². The summed E-state index contributed by atoms with van der Waals surface area (Å²) in [7, 11) is 0. The van der Waals surface area contributed by atoms with Crippen LogP contribution < -0.4 is 0 Å². The van der Waals surface area contributed by atoms with Gasteiger partial charge in [0, 0.05) is 4.47 Å². The van der Waals surface area contributed by atoms with Crippen LogP contribution in [0.2, 0.25) is 0 Å². The van der Waals surface area contributed by atoms with Gasteiger partial charge >= 0.3 is 6.18 Å². The lowest BCUT2D eigenvalue weighted by Gasteiger charge is -2.29. The maximum atomic E-state index is 12.8. The van der Waals surface area contributed by atoms with Gasteiger partial charge in [-0.15, -0.1) is 0 Å². The van der Waals surface area contributed by atoms with Crippen molar-refractivity contribution in [3.63, 3.8) is 0 Å². The number of halogens is 4. The highest BCUT2D eigenvalue weighted by Gasteiger charge is 2.48. The van der Waals surface area contributed by atoms with Crippen LogP contribution in [0.3, 0.4) is 0 Å². The van der Waals surface area contributed by atoms with Crippen molar-refractivity contribution in [1.82, 2.24) is 0 Å². The van der Waals surface area contributed by atoms with Crippen molar-refractivity contribution >= 4 is 15.9 Å². The number of hydrogen-bond acceptors (Lipinski definition) is 3. The van der Waals surface area contributed by atoms with E-state index in [0.717, 1.165) is 5.56 Å². The zero-order valence-corrected chi connectivity index (χ0v) is 12.2. The van der Waals surface area contributed by atoms with Gasteiger partial charge in [0.1, 0.15) is 0 Å². The standard InChI is InChI=1S/C13H14BrF3O3/c1-7-2-3-8(6-9(7)14)10(11(18)13(15,16)17)12-19-4-5-20-12/h2-3,6,10-12,18H,4-5H2,1H3. The molecule has 0 bridgehead atoms. The van der Waals surface area contributed by atoms with E-state index in [9.17, 15) is 18.3 Å². The lowest BCUT2D eigenvalue weighted by Crippen LogP contribution is -2.40. The molecule has 20 heavy (non-hydrogen) atoms. The van der Waals surface area contributed by atoms with Crippen molar-refractivity contribution in [3.8, 4) is 0 Å². The molecule has 1 aliphatic heterocycles. The fraction of sp³-hybridized carbons (Fsp3) is 0.538. The molecule has 112 valence electrons.